The maximum Gasteiger partial charge on any atom is 0.308 e. The predicted octanol–water partition coefficient (Wildman–Crippen LogP) is 2.22. The lowest BCUT2D eigenvalue weighted by atomic mass is 10.1. The fraction of sp³-hybridized carbons (Fsp3) is 0.222. The normalized spacial score (nSPS) is 10.7. The molecule has 3 rings (SSSR count). The molecule has 26 heavy (non-hydrogen) atoms. The van der Waals surface area contributed by atoms with E-state index in [0.29, 0.717) is 10.2 Å². The minimum Gasteiger partial charge on any atom is -0.457 e. The minimum absolute atomic E-state index is 0.0587. The summed E-state index contributed by atoms with van der Waals surface area (Å²) in [4.78, 5) is 42.5. The molecular weight excluding hydrogens is 354 g/mol. The number of carbonyl (C=O) groups is 2. The van der Waals surface area contributed by atoms with E-state index in [1.54, 1.807) is 0 Å². The Morgan fingerprint density at radius 3 is 2.77 bits per heavy atom. The molecule has 0 fully saturated rings. The first-order valence-corrected chi connectivity index (χ1v) is 8.88. The number of H-pyrrole nitrogens is 1. The Labute approximate surface area is 153 Å². The van der Waals surface area contributed by atoms with Crippen molar-refractivity contribution < 1.29 is 14.3 Å². The number of nitrogens with zero attached hydrogens (tertiary/aromatic N) is 1. The van der Waals surface area contributed by atoms with Gasteiger partial charge in [0.05, 0.1) is 11.8 Å². The van der Waals surface area contributed by atoms with Crippen molar-refractivity contribution in [1.29, 1.82) is 0 Å². The first kappa shape index (κ1) is 17.8. The van der Waals surface area contributed by atoms with Gasteiger partial charge < -0.3 is 15.0 Å². The van der Waals surface area contributed by atoms with Gasteiger partial charge in [0.15, 0.2) is 0 Å². The van der Waals surface area contributed by atoms with Gasteiger partial charge in [-0.25, -0.2) is 4.98 Å². The van der Waals surface area contributed by atoms with E-state index in [9.17, 15) is 14.4 Å². The Morgan fingerprint density at radius 1 is 1.27 bits per heavy atom. The van der Waals surface area contributed by atoms with E-state index >= 15 is 0 Å². The van der Waals surface area contributed by atoms with Gasteiger partial charge in [-0.1, -0.05) is 30.3 Å². The summed E-state index contributed by atoms with van der Waals surface area (Å²) in [5, 5.41) is 4.94. The van der Waals surface area contributed by atoms with Crippen LogP contribution in [0, 0.1) is 0 Å². The molecule has 2 N–H and O–H groups in total. The van der Waals surface area contributed by atoms with Gasteiger partial charge in [-0.3, -0.25) is 14.4 Å². The van der Waals surface area contributed by atoms with Crippen molar-refractivity contribution in [2.75, 3.05) is 6.54 Å². The molecule has 2 heterocycles. The highest BCUT2D eigenvalue weighted by atomic mass is 32.1. The summed E-state index contributed by atoms with van der Waals surface area (Å²) in [5.74, 6) is -0.393. The Kier molecular flexibility index (Phi) is 5.43. The van der Waals surface area contributed by atoms with Crippen LogP contribution < -0.4 is 10.9 Å². The predicted molar refractivity (Wildman–Crippen MR) is 98.8 cm³/mol. The number of amides is 1. The first-order chi connectivity index (χ1) is 12.5. The van der Waals surface area contributed by atoms with Crippen LogP contribution in [0.15, 0.2) is 40.5 Å². The van der Waals surface area contributed by atoms with Crippen molar-refractivity contribution in [3.63, 3.8) is 0 Å². The van der Waals surface area contributed by atoms with Gasteiger partial charge in [0, 0.05) is 24.4 Å². The second-order valence-electron chi connectivity index (χ2n) is 5.60. The van der Waals surface area contributed by atoms with Crippen molar-refractivity contribution >= 4 is 33.4 Å². The van der Waals surface area contributed by atoms with Crippen LogP contribution >= 0.6 is 11.3 Å². The van der Waals surface area contributed by atoms with Crippen LogP contribution in [0.25, 0.3) is 21.3 Å². The van der Waals surface area contributed by atoms with Crippen LogP contribution in [0.5, 0.6) is 0 Å². The Hall–Kier alpha value is -3.00. The molecule has 0 radical (unpaired) electrons. The summed E-state index contributed by atoms with van der Waals surface area (Å²) in [5.41, 5.74) is 1.51. The molecule has 0 aliphatic carbocycles. The third kappa shape index (κ3) is 4.15. The van der Waals surface area contributed by atoms with Crippen molar-refractivity contribution in [3.05, 3.63) is 51.9 Å². The van der Waals surface area contributed by atoms with Gasteiger partial charge in [-0.2, -0.15) is 0 Å². The van der Waals surface area contributed by atoms with E-state index in [1.807, 2.05) is 35.7 Å². The molecule has 0 atom stereocenters. The van der Waals surface area contributed by atoms with Gasteiger partial charge in [0.2, 0.25) is 5.91 Å². The zero-order valence-corrected chi connectivity index (χ0v) is 14.9. The molecule has 8 heteroatoms. The third-order valence-electron chi connectivity index (χ3n) is 3.65. The molecule has 0 spiro atoms. The number of carbonyl (C=O) groups excluding carboxylic acids is 2. The zero-order valence-electron chi connectivity index (χ0n) is 14.1. The quantitative estimate of drug-likeness (QED) is 0.647. The van der Waals surface area contributed by atoms with E-state index in [-0.39, 0.29) is 36.9 Å². The monoisotopic (exact) mass is 371 g/mol. The molecule has 2 aromatic heterocycles. The second kappa shape index (κ2) is 7.92. The molecule has 0 aliphatic rings. The second-order valence-corrected chi connectivity index (χ2v) is 6.46. The van der Waals surface area contributed by atoms with Crippen LogP contribution in [0.4, 0.5) is 0 Å². The molecule has 1 aromatic carbocycles. The standard InChI is InChI=1S/C18H17N3O4S/c1-11(22)19-8-7-15(23)25-9-14-20-17(24)16-13(10-26-18(16)21-14)12-5-3-2-4-6-12/h2-6,10H,7-9H2,1H3,(H,19,22)(H,20,21,24). The summed E-state index contributed by atoms with van der Waals surface area (Å²) in [7, 11) is 0. The first-order valence-electron chi connectivity index (χ1n) is 8.00. The number of thiophene rings is 1. The lowest BCUT2D eigenvalue weighted by Gasteiger charge is -2.05. The molecule has 3 aromatic rings. The summed E-state index contributed by atoms with van der Waals surface area (Å²) >= 11 is 1.37. The number of esters is 1. The fourth-order valence-corrected chi connectivity index (χ4v) is 3.42. The summed E-state index contributed by atoms with van der Waals surface area (Å²) in [6.07, 6.45) is 0.0587. The average molecular weight is 371 g/mol. The number of aromatic amines is 1. The fourth-order valence-electron chi connectivity index (χ4n) is 2.45. The van der Waals surface area contributed by atoms with Crippen LogP contribution in [0.1, 0.15) is 19.2 Å². The maximum absolute atomic E-state index is 12.5. The molecule has 0 saturated carbocycles. The van der Waals surface area contributed by atoms with Crippen LogP contribution in [-0.4, -0.2) is 28.4 Å². The minimum atomic E-state index is -0.474. The van der Waals surface area contributed by atoms with Crippen molar-refractivity contribution in [2.45, 2.75) is 20.0 Å². The van der Waals surface area contributed by atoms with Gasteiger partial charge in [-0.15, -0.1) is 11.3 Å². The summed E-state index contributed by atoms with van der Waals surface area (Å²) in [6, 6.07) is 9.61. The number of hydrogen-bond donors (Lipinski definition) is 2. The number of ether oxygens (including phenoxy) is 1. The maximum atomic E-state index is 12.5. The Bertz CT molecular complexity index is 995. The molecule has 1 amide bonds. The number of fused-ring (bicyclic) bond motifs is 1. The molecule has 0 unspecified atom stereocenters. The Morgan fingerprint density at radius 2 is 2.04 bits per heavy atom. The molecule has 0 saturated heterocycles. The van der Waals surface area contributed by atoms with Crippen LogP contribution in [0.3, 0.4) is 0 Å². The molecule has 0 aliphatic heterocycles. The van der Waals surface area contributed by atoms with Crippen molar-refractivity contribution in [2.24, 2.45) is 0 Å². The molecule has 134 valence electrons. The van der Waals surface area contributed by atoms with Crippen LogP contribution in [-0.2, 0) is 20.9 Å². The van der Waals surface area contributed by atoms with Gasteiger partial charge in [0.1, 0.15) is 17.3 Å². The number of benzene rings is 1. The number of hydrogen-bond acceptors (Lipinski definition) is 6. The van der Waals surface area contributed by atoms with Gasteiger partial charge >= 0.3 is 5.97 Å². The van der Waals surface area contributed by atoms with E-state index in [4.69, 9.17) is 4.74 Å². The topological polar surface area (TPSA) is 101 Å². The highest BCUT2D eigenvalue weighted by Crippen LogP contribution is 2.30. The van der Waals surface area contributed by atoms with E-state index in [0.717, 1.165) is 11.1 Å². The van der Waals surface area contributed by atoms with E-state index < -0.39 is 5.97 Å². The third-order valence-corrected chi connectivity index (χ3v) is 4.52. The molecule has 0 bridgehead atoms. The highest BCUT2D eigenvalue weighted by molar-refractivity contribution is 7.17. The highest BCUT2D eigenvalue weighted by Gasteiger charge is 2.13. The van der Waals surface area contributed by atoms with Gasteiger partial charge in [-0.05, 0) is 5.56 Å². The average Bonchev–Trinajstić information content (AvgIpc) is 3.05. The molecular formula is C18H17N3O4S. The lowest BCUT2D eigenvalue weighted by molar-refractivity contribution is -0.145. The largest absolute Gasteiger partial charge is 0.457 e. The van der Waals surface area contributed by atoms with Gasteiger partial charge in [0.25, 0.3) is 5.56 Å². The number of aromatic nitrogens is 2. The number of nitrogens with one attached hydrogen (secondary N) is 2. The summed E-state index contributed by atoms with van der Waals surface area (Å²) in [6.45, 7) is 1.46. The van der Waals surface area contributed by atoms with E-state index in [1.165, 1.54) is 18.3 Å². The zero-order chi connectivity index (χ0) is 18.5. The van der Waals surface area contributed by atoms with Crippen LogP contribution in [0.2, 0.25) is 0 Å². The van der Waals surface area contributed by atoms with E-state index in [2.05, 4.69) is 15.3 Å². The SMILES string of the molecule is CC(=O)NCCC(=O)OCc1nc2scc(-c3ccccc3)c2c(=O)[nH]1. The molecule has 7 nitrogen and oxygen atoms in total. The number of rotatable bonds is 6. The Balaban J connectivity index is 1.73. The van der Waals surface area contributed by atoms with Crippen molar-refractivity contribution in [1.82, 2.24) is 15.3 Å². The lowest BCUT2D eigenvalue weighted by Crippen LogP contribution is -2.24. The van der Waals surface area contributed by atoms with Crippen molar-refractivity contribution in [3.8, 4) is 11.1 Å². The summed E-state index contributed by atoms with van der Waals surface area (Å²) < 4.78 is 5.09. The smallest absolute Gasteiger partial charge is 0.308 e.